The van der Waals surface area contributed by atoms with Crippen LogP contribution in [0.25, 0.3) is 0 Å². The highest BCUT2D eigenvalue weighted by Crippen LogP contribution is 2.47. The van der Waals surface area contributed by atoms with Crippen molar-refractivity contribution in [1.82, 2.24) is 4.90 Å². The van der Waals surface area contributed by atoms with Gasteiger partial charge < -0.3 is 19.2 Å². The van der Waals surface area contributed by atoms with Gasteiger partial charge in [-0.1, -0.05) is 105 Å². The van der Waals surface area contributed by atoms with E-state index in [1.54, 1.807) is 4.90 Å². The van der Waals surface area contributed by atoms with Crippen LogP contribution in [0.2, 0.25) is 5.04 Å². The number of rotatable bonds is 7. The Hall–Kier alpha value is -2.64. The second-order valence-corrected chi connectivity index (χ2v) is 15.3. The van der Waals surface area contributed by atoms with Crippen LogP contribution in [0.15, 0.2) is 91.0 Å². The van der Waals surface area contributed by atoms with E-state index in [0.29, 0.717) is 19.6 Å². The maximum absolute atomic E-state index is 13.2. The smallest absolute Gasteiger partial charge is 0.410 e. The predicted octanol–water partition coefficient (Wildman–Crippen LogP) is 4.55. The average molecular weight is 536 g/mol. The number of ether oxygens (including phenoxy) is 2. The maximum Gasteiger partial charge on any atom is 0.410 e. The molecule has 3 aromatic rings. The lowest BCUT2D eigenvalue weighted by molar-refractivity contribution is 0.0793. The fraction of sp³-hybridized carbons (Fsp3) is 0.367. The van der Waals surface area contributed by atoms with Crippen molar-refractivity contribution >= 4 is 36.4 Å². The molecule has 2 aliphatic heterocycles. The maximum atomic E-state index is 13.2. The van der Waals surface area contributed by atoms with Crippen molar-refractivity contribution in [3.8, 4) is 0 Å². The van der Waals surface area contributed by atoms with Gasteiger partial charge >= 0.3 is 6.09 Å². The Kier molecular flexibility index (Phi) is 7.45. The molecule has 5 rings (SSSR count). The molecule has 2 saturated heterocycles. The fourth-order valence-corrected chi connectivity index (χ4v) is 10.3. The first-order valence-corrected chi connectivity index (χ1v) is 15.3. The van der Waals surface area contributed by atoms with Gasteiger partial charge in [0.1, 0.15) is 6.61 Å². The average Bonchev–Trinajstić information content (AvgIpc) is 3.49. The number of hydrogen-bond acceptors (Lipinski definition) is 4. The molecular formula is C30H34ClNO4Si. The topological polar surface area (TPSA) is 59.0 Å². The largest absolute Gasteiger partial charge is 0.445 e. The van der Waals surface area contributed by atoms with Crippen LogP contribution < -0.4 is 10.4 Å². The van der Waals surface area contributed by atoms with Gasteiger partial charge in [0.15, 0.2) is 0 Å². The first kappa shape index (κ1) is 26.0. The minimum atomic E-state index is -3.19. The van der Waals surface area contributed by atoms with Crippen molar-refractivity contribution in [2.24, 2.45) is 5.92 Å². The molecule has 2 heterocycles. The minimum Gasteiger partial charge on any atom is -0.445 e. The van der Waals surface area contributed by atoms with Crippen LogP contribution in [0.4, 0.5) is 4.79 Å². The number of benzene rings is 3. The first-order chi connectivity index (χ1) is 17.8. The van der Waals surface area contributed by atoms with Gasteiger partial charge in [0.05, 0.1) is 24.1 Å². The van der Waals surface area contributed by atoms with E-state index in [-0.39, 0.29) is 36.1 Å². The van der Waals surface area contributed by atoms with Crippen LogP contribution in [0, 0.1) is 5.92 Å². The van der Waals surface area contributed by atoms with Crippen LogP contribution in [-0.2, 0) is 16.1 Å². The molecule has 5 nitrogen and oxygen atoms in total. The van der Waals surface area contributed by atoms with Crippen LogP contribution >= 0.6 is 11.6 Å². The Labute approximate surface area is 225 Å². The summed E-state index contributed by atoms with van der Waals surface area (Å²) < 4.78 is 11.9. The molecule has 0 aromatic heterocycles. The summed E-state index contributed by atoms with van der Waals surface area (Å²) in [5.41, 5.74) is 0.941. The summed E-state index contributed by atoms with van der Waals surface area (Å²) in [6, 6.07) is 29.5. The third kappa shape index (κ3) is 4.96. The molecule has 1 amide bonds. The van der Waals surface area contributed by atoms with Crippen LogP contribution in [0.5, 0.6) is 0 Å². The Morgan fingerprint density at radius 3 is 2.11 bits per heavy atom. The highest BCUT2D eigenvalue weighted by molar-refractivity contribution is 6.98. The third-order valence-corrected chi connectivity index (χ3v) is 12.9. The molecule has 194 valence electrons. The Morgan fingerprint density at radius 2 is 1.54 bits per heavy atom. The van der Waals surface area contributed by atoms with E-state index in [2.05, 4.69) is 13.8 Å². The molecule has 1 N–H and O–H groups in total. The van der Waals surface area contributed by atoms with Crippen molar-refractivity contribution < 1.29 is 19.1 Å². The van der Waals surface area contributed by atoms with Gasteiger partial charge in [0.25, 0.3) is 8.32 Å². The minimum absolute atomic E-state index is 0.0273. The van der Waals surface area contributed by atoms with Gasteiger partial charge in [-0.05, 0) is 27.4 Å². The lowest BCUT2D eigenvalue weighted by Crippen LogP contribution is -2.66. The number of carbonyl (C=O) groups is 1. The summed E-state index contributed by atoms with van der Waals surface area (Å²) in [6.45, 7) is 5.40. The number of halogens is 1. The summed E-state index contributed by atoms with van der Waals surface area (Å²) >= 11 is 6.67. The number of carbonyl (C=O) groups excluding carboxylic acids is 1. The normalized spacial score (nSPS) is 23.6. The van der Waals surface area contributed by atoms with E-state index in [1.165, 1.54) is 0 Å². The number of likely N-dealkylation sites (tertiary alicyclic amines) is 1. The molecule has 0 bridgehead atoms. The van der Waals surface area contributed by atoms with Crippen molar-refractivity contribution in [3.05, 3.63) is 96.6 Å². The number of amides is 1. The molecular weight excluding hydrogens is 502 g/mol. The molecule has 0 saturated carbocycles. The van der Waals surface area contributed by atoms with Crippen molar-refractivity contribution in [2.45, 2.75) is 49.4 Å². The molecule has 0 unspecified atom stereocenters. The second-order valence-electron chi connectivity index (χ2n) is 10.8. The summed E-state index contributed by atoms with van der Waals surface area (Å²) in [7, 11) is -3.19. The Morgan fingerprint density at radius 1 is 1.00 bits per heavy atom. The lowest BCUT2D eigenvalue weighted by atomic mass is 9.90. The van der Waals surface area contributed by atoms with Crippen LogP contribution in [0.1, 0.15) is 25.8 Å². The van der Waals surface area contributed by atoms with Gasteiger partial charge in [0, 0.05) is 12.5 Å². The number of nitrogens with zero attached hydrogens (tertiary/aromatic N) is 1. The molecule has 3 aromatic carbocycles. The first-order valence-electron chi connectivity index (χ1n) is 12.9. The SMILES string of the molecule is CC(C)(C[C@H]1CO[C@H]2[C@@H]1N(C(=O)OCc1ccccc1)C[C@H]2Cl)[Si](O)(c1ccccc1)c1ccccc1. The Balaban J connectivity index is 1.40. The second kappa shape index (κ2) is 10.6. The summed E-state index contributed by atoms with van der Waals surface area (Å²) in [4.78, 5) is 27.5. The van der Waals surface area contributed by atoms with Gasteiger partial charge in [-0.3, -0.25) is 0 Å². The summed E-state index contributed by atoms with van der Waals surface area (Å²) in [5, 5.41) is 1.20. The van der Waals surface area contributed by atoms with E-state index in [1.807, 2.05) is 91.0 Å². The van der Waals surface area contributed by atoms with E-state index in [9.17, 15) is 9.59 Å². The zero-order chi connectivity index (χ0) is 26.0. The van der Waals surface area contributed by atoms with Gasteiger partial charge in [0.2, 0.25) is 0 Å². The fourth-order valence-electron chi connectivity index (χ4n) is 6.15. The van der Waals surface area contributed by atoms with E-state index in [0.717, 1.165) is 15.9 Å². The third-order valence-electron chi connectivity index (χ3n) is 7.98. The van der Waals surface area contributed by atoms with E-state index < -0.39 is 13.4 Å². The highest BCUT2D eigenvalue weighted by atomic mass is 35.5. The van der Waals surface area contributed by atoms with Crippen LogP contribution in [0.3, 0.4) is 0 Å². The highest BCUT2D eigenvalue weighted by Gasteiger charge is 2.57. The van der Waals surface area contributed by atoms with Crippen molar-refractivity contribution in [2.75, 3.05) is 13.2 Å². The quantitative estimate of drug-likeness (QED) is 0.356. The monoisotopic (exact) mass is 535 g/mol. The molecule has 0 aliphatic carbocycles. The lowest BCUT2D eigenvalue weighted by Gasteiger charge is -2.43. The Bertz CT molecular complexity index is 1150. The van der Waals surface area contributed by atoms with Gasteiger partial charge in [-0.2, -0.15) is 0 Å². The number of fused-ring (bicyclic) bond motifs is 1. The number of alkyl halides is 1. The van der Waals surface area contributed by atoms with Gasteiger partial charge in [-0.15, -0.1) is 11.6 Å². The van der Waals surface area contributed by atoms with Gasteiger partial charge in [-0.25, -0.2) is 4.79 Å². The zero-order valence-electron chi connectivity index (χ0n) is 21.3. The predicted molar refractivity (Wildman–Crippen MR) is 149 cm³/mol. The molecule has 0 spiro atoms. The van der Waals surface area contributed by atoms with Crippen LogP contribution in [-0.4, -0.2) is 54.8 Å². The summed E-state index contributed by atoms with van der Waals surface area (Å²) in [6.07, 6.45) is 0.0797. The molecule has 2 aliphatic rings. The number of hydrogen-bond donors (Lipinski definition) is 1. The standard InChI is InChI=1S/C30H34ClNO4Si/c1-30(2,37(34,24-14-8-4-9-15-24)25-16-10-5-11-17-25)18-23-21-35-28-26(31)19-32(27(23)28)29(33)36-20-22-12-6-3-7-13-22/h3-17,23,26-28,34H,18-21H2,1-2H3/t23-,26+,27+,28+/m0/s1. The van der Waals surface area contributed by atoms with Crippen molar-refractivity contribution in [1.29, 1.82) is 0 Å². The molecule has 2 fully saturated rings. The molecule has 0 radical (unpaired) electrons. The molecule has 7 heteroatoms. The molecule has 4 atom stereocenters. The van der Waals surface area contributed by atoms with Crippen molar-refractivity contribution in [3.63, 3.8) is 0 Å². The van der Waals surface area contributed by atoms with E-state index >= 15 is 0 Å². The van der Waals surface area contributed by atoms with E-state index in [4.69, 9.17) is 21.1 Å². The zero-order valence-corrected chi connectivity index (χ0v) is 23.1. The molecule has 37 heavy (non-hydrogen) atoms. The summed E-state index contributed by atoms with van der Waals surface area (Å²) in [5.74, 6) is 0.0273.